The van der Waals surface area contributed by atoms with Gasteiger partial charge in [-0.1, -0.05) is 54.6 Å². The Balaban J connectivity index is 1.93. The summed E-state index contributed by atoms with van der Waals surface area (Å²) in [5.74, 6) is -0.215. The zero-order chi connectivity index (χ0) is 18.8. The summed E-state index contributed by atoms with van der Waals surface area (Å²) in [6, 6.07) is 22.7. The van der Waals surface area contributed by atoms with E-state index in [0.29, 0.717) is 16.8 Å². The molecule has 0 bridgehead atoms. The largest absolute Gasteiger partial charge is 0.289 e. The highest BCUT2D eigenvalue weighted by Crippen LogP contribution is 2.30. The second kappa shape index (κ2) is 6.80. The van der Waals surface area contributed by atoms with Gasteiger partial charge >= 0.3 is 0 Å². The molecule has 0 aliphatic carbocycles. The molecule has 130 valence electrons. The summed E-state index contributed by atoms with van der Waals surface area (Å²) in [6.45, 7) is 0. The zero-order valence-electron chi connectivity index (χ0n) is 14.2. The van der Waals surface area contributed by atoms with Crippen LogP contribution in [0.1, 0.15) is 15.9 Å². The molecule has 0 N–H and O–H groups in total. The van der Waals surface area contributed by atoms with Crippen molar-refractivity contribution in [1.82, 2.24) is 4.98 Å². The third-order valence-electron chi connectivity index (χ3n) is 4.41. The highest BCUT2D eigenvalue weighted by atomic mass is 16.6. The number of benzene rings is 3. The molecule has 1 heterocycles. The molecule has 0 radical (unpaired) electrons. The number of hydrogen-bond donors (Lipinski definition) is 0. The van der Waals surface area contributed by atoms with Gasteiger partial charge in [-0.2, -0.15) is 0 Å². The summed E-state index contributed by atoms with van der Waals surface area (Å²) in [5, 5.41) is 12.5. The number of rotatable bonds is 4. The molecule has 4 aromatic rings. The average molecular weight is 354 g/mol. The van der Waals surface area contributed by atoms with Crippen LogP contribution in [0.3, 0.4) is 0 Å². The number of ketones is 1. The number of fused-ring (bicyclic) bond motifs is 1. The Kier molecular flexibility index (Phi) is 4.18. The maximum atomic E-state index is 13.3. The first kappa shape index (κ1) is 16.6. The fourth-order valence-electron chi connectivity index (χ4n) is 3.09. The summed E-state index contributed by atoms with van der Waals surface area (Å²) in [5.41, 5.74) is 2.26. The minimum Gasteiger partial charge on any atom is -0.289 e. The van der Waals surface area contributed by atoms with Gasteiger partial charge in [-0.05, 0) is 17.5 Å². The van der Waals surface area contributed by atoms with E-state index < -0.39 is 4.92 Å². The van der Waals surface area contributed by atoms with Crippen molar-refractivity contribution in [2.75, 3.05) is 0 Å². The molecule has 0 fully saturated rings. The highest BCUT2D eigenvalue weighted by molar-refractivity contribution is 6.19. The van der Waals surface area contributed by atoms with E-state index in [2.05, 4.69) is 4.98 Å². The molecule has 5 nitrogen and oxygen atoms in total. The van der Waals surface area contributed by atoms with E-state index in [1.165, 1.54) is 24.3 Å². The van der Waals surface area contributed by atoms with Gasteiger partial charge < -0.3 is 0 Å². The van der Waals surface area contributed by atoms with Crippen molar-refractivity contribution in [2.45, 2.75) is 0 Å². The lowest BCUT2D eigenvalue weighted by Gasteiger charge is -2.12. The summed E-state index contributed by atoms with van der Waals surface area (Å²) < 4.78 is 0. The minimum atomic E-state index is -0.483. The van der Waals surface area contributed by atoms with Crippen LogP contribution in [0.4, 0.5) is 5.69 Å². The Bertz CT molecular complexity index is 1150. The van der Waals surface area contributed by atoms with E-state index in [0.717, 1.165) is 16.3 Å². The van der Waals surface area contributed by atoms with E-state index in [4.69, 9.17) is 0 Å². The number of nitro benzene ring substituents is 1. The first-order valence-electron chi connectivity index (χ1n) is 8.37. The van der Waals surface area contributed by atoms with Crippen molar-refractivity contribution >= 4 is 22.2 Å². The highest BCUT2D eigenvalue weighted by Gasteiger charge is 2.20. The quantitative estimate of drug-likeness (QED) is 0.292. The van der Waals surface area contributed by atoms with Gasteiger partial charge in [0.15, 0.2) is 5.78 Å². The summed E-state index contributed by atoms with van der Waals surface area (Å²) in [6.07, 6.45) is 1.75. The van der Waals surface area contributed by atoms with Crippen LogP contribution in [-0.4, -0.2) is 15.7 Å². The van der Waals surface area contributed by atoms with E-state index >= 15 is 0 Å². The third-order valence-corrected chi connectivity index (χ3v) is 4.41. The number of pyridine rings is 1. The number of nitrogens with zero attached hydrogens (tertiary/aromatic N) is 2. The van der Waals surface area contributed by atoms with Gasteiger partial charge in [-0.3, -0.25) is 19.9 Å². The molecular formula is C22H14N2O3. The van der Waals surface area contributed by atoms with E-state index in [1.807, 2.05) is 54.6 Å². The number of carbonyl (C=O) groups is 1. The number of hydrogen-bond acceptors (Lipinski definition) is 4. The number of nitro groups is 1. The van der Waals surface area contributed by atoms with E-state index in [9.17, 15) is 14.9 Å². The fraction of sp³-hybridized carbons (Fsp3) is 0. The Morgan fingerprint density at radius 1 is 0.852 bits per heavy atom. The van der Waals surface area contributed by atoms with Crippen molar-refractivity contribution in [1.29, 1.82) is 0 Å². The van der Waals surface area contributed by atoms with Gasteiger partial charge in [-0.25, -0.2) is 0 Å². The van der Waals surface area contributed by atoms with Gasteiger partial charge in [0, 0.05) is 34.8 Å². The normalized spacial score (nSPS) is 10.7. The molecule has 1 aromatic heterocycles. The number of non-ortho nitro benzene ring substituents is 1. The Hall–Kier alpha value is -3.86. The van der Waals surface area contributed by atoms with Crippen LogP contribution >= 0.6 is 0 Å². The topological polar surface area (TPSA) is 73.1 Å². The summed E-state index contributed by atoms with van der Waals surface area (Å²) >= 11 is 0. The summed E-state index contributed by atoms with van der Waals surface area (Å²) in [7, 11) is 0. The van der Waals surface area contributed by atoms with Gasteiger partial charge in [0.25, 0.3) is 5.69 Å². The van der Waals surface area contributed by atoms with Gasteiger partial charge in [0.1, 0.15) is 0 Å². The predicted octanol–water partition coefficient (Wildman–Crippen LogP) is 5.04. The molecule has 0 spiro atoms. The van der Waals surface area contributed by atoms with Crippen LogP contribution in [0.2, 0.25) is 0 Å². The fourth-order valence-corrected chi connectivity index (χ4v) is 3.09. The second-order valence-corrected chi connectivity index (χ2v) is 6.07. The smallest absolute Gasteiger partial charge is 0.269 e. The molecule has 0 saturated heterocycles. The number of aromatic nitrogens is 1. The molecule has 0 aliphatic rings. The molecule has 0 atom stereocenters. The van der Waals surface area contributed by atoms with Crippen molar-refractivity contribution < 1.29 is 9.72 Å². The molecule has 0 aliphatic heterocycles. The lowest BCUT2D eigenvalue weighted by atomic mass is 9.93. The average Bonchev–Trinajstić information content (AvgIpc) is 2.73. The Morgan fingerprint density at radius 3 is 2.22 bits per heavy atom. The second-order valence-electron chi connectivity index (χ2n) is 6.07. The first-order chi connectivity index (χ1) is 13.1. The van der Waals surface area contributed by atoms with Crippen molar-refractivity contribution in [3.8, 4) is 11.3 Å². The number of carbonyl (C=O) groups excluding carboxylic acids is 1. The molecule has 0 unspecified atom stereocenters. The predicted molar refractivity (Wildman–Crippen MR) is 104 cm³/mol. The van der Waals surface area contributed by atoms with Crippen LogP contribution in [0, 0.1) is 10.1 Å². The van der Waals surface area contributed by atoms with Crippen molar-refractivity contribution in [3.05, 3.63) is 106 Å². The van der Waals surface area contributed by atoms with Crippen LogP contribution in [0.15, 0.2) is 85.1 Å². The maximum absolute atomic E-state index is 13.3. The Morgan fingerprint density at radius 2 is 1.52 bits per heavy atom. The maximum Gasteiger partial charge on any atom is 0.269 e. The first-order valence-corrected chi connectivity index (χ1v) is 8.37. The van der Waals surface area contributed by atoms with Crippen molar-refractivity contribution in [2.24, 2.45) is 0 Å². The lowest BCUT2D eigenvalue weighted by molar-refractivity contribution is -0.384. The van der Waals surface area contributed by atoms with Gasteiger partial charge in [0.05, 0.1) is 16.2 Å². The van der Waals surface area contributed by atoms with Crippen LogP contribution < -0.4 is 0 Å². The third kappa shape index (κ3) is 3.06. The minimum absolute atomic E-state index is 0.0501. The van der Waals surface area contributed by atoms with Gasteiger partial charge in [-0.15, -0.1) is 0 Å². The SMILES string of the molecule is O=C(c1ccc([N+](=O)[O-])cc1)c1c(-c2ccccc2)ncc2ccccc12. The zero-order valence-corrected chi connectivity index (χ0v) is 14.2. The van der Waals surface area contributed by atoms with E-state index in [-0.39, 0.29) is 11.5 Å². The van der Waals surface area contributed by atoms with Crippen LogP contribution in [0.25, 0.3) is 22.0 Å². The van der Waals surface area contributed by atoms with Gasteiger partial charge in [0.2, 0.25) is 0 Å². The van der Waals surface area contributed by atoms with E-state index in [1.54, 1.807) is 6.20 Å². The molecule has 3 aromatic carbocycles. The summed E-state index contributed by atoms with van der Waals surface area (Å²) in [4.78, 5) is 28.3. The van der Waals surface area contributed by atoms with Crippen molar-refractivity contribution in [3.63, 3.8) is 0 Å². The molecule has 4 rings (SSSR count). The molecule has 27 heavy (non-hydrogen) atoms. The molecular weight excluding hydrogens is 340 g/mol. The standard InChI is InChI=1S/C22H14N2O3/c25-22(16-10-12-18(13-11-16)24(26)27)20-19-9-5-4-8-17(19)14-23-21(20)15-6-2-1-3-7-15/h1-14H. The van der Waals surface area contributed by atoms with Crippen LogP contribution in [-0.2, 0) is 0 Å². The molecule has 0 amide bonds. The Labute approximate surface area is 155 Å². The van der Waals surface area contributed by atoms with Crippen LogP contribution in [0.5, 0.6) is 0 Å². The molecule has 0 saturated carbocycles. The molecule has 5 heteroatoms. The lowest BCUT2D eigenvalue weighted by Crippen LogP contribution is -2.06. The monoisotopic (exact) mass is 354 g/mol.